The molecule has 0 aliphatic carbocycles. The lowest BCUT2D eigenvalue weighted by Gasteiger charge is -2.37. The first-order chi connectivity index (χ1) is 15.9. The number of amides is 1. The number of benzene rings is 2. The third-order valence-electron chi connectivity index (χ3n) is 6.16. The van der Waals surface area contributed by atoms with Gasteiger partial charge in [-0.05, 0) is 24.3 Å². The Kier molecular flexibility index (Phi) is 6.31. The molecule has 8 nitrogen and oxygen atoms in total. The van der Waals surface area contributed by atoms with E-state index in [1.807, 2.05) is 6.07 Å². The van der Waals surface area contributed by atoms with Crippen molar-refractivity contribution in [2.75, 3.05) is 25.5 Å². The number of nitrogens with two attached hydrogens (primary N) is 1. The van der Waals surface area contributed by atoms with Crippen LogP contribution in [0, 0.1) is 17.1 Å². The quantitative estimate of drug-likeness (QED) is 0.403. The van der Waals surface area contributed by atoms with E-state index >= 15 is 0 Å². The first-order valence-corrected chi connectivity index (χ1v) is 10.8. The fourth-order valence-corrected chi connectivity index (χ4v) is 4.79. The molecule has 3 N–H and O–H groups in total. The summed E-state index contributed by atoms with van der Waals surface area (Å²) in [6, 6.07) is 9.80. The van der Waals surface area contributed by atoms with Gasteiger partial charge in [-0.3, -0.25) is 9.28 Å². The van der Waals surface area contributed by atoms with E-state index in [9.17, 15) is 14.4 Å². The Morgan fingerprint density at radius 1 is 1.39 bits per heavy atom. The van der Waals surface area contributed by atoms with Crippen LogP contribution >= 0.6 is 11.6 Å². The van der Waals surface area contributed by atoms with Gasteiger partial charge in [-0.25, -0.2) is 14.4 Å². The number of halogens is 2. The molecule has 4 rings (SSSR count). The number of anilines is 2. The third-order valence-corrected chi connectivity index (χ3v) is 6.45. The summed E-state index contributed by atoms with van der Waals surface area (Å²) in [5.41, 5.74) is 7.71. The molecule has 3 aromatic rings. The maximum atomic E-state index is 13.6. The normalized spacial score (nSPS) is 19.9. The molecular weight excluding hydrogens is 447 g/mol. The molecule has 1 aliphatic heterocycles. The lowest BCUT2D eigenvalue weighted by Crippen LogP contribution is -2.56. The van der Waals surface area contributed by atoms with E-state index < -0.39 is 17.8 Å². The Hall–Kier alpha value is -3.48. The van der Waals surface area contributed by atoms with E-state index in [0.717, 1.165) is 12.0 Å². The number of nitrogens with zero attached hydrogens (tertiary/aromatic N) is 4. The van der Waals surface area contributed by atoms with Crippen LogP contribution in [0.15, 0.2) is 36.7 Å². The predicted octanol–water partition coefficient (Wildman–Crippen LogP) is 3.66. The predicted molar refractivity (Wildman–Crippen MR) is 122 cm³/mol. The van der Waals surface area contributed by atoms with Crippen LogP contribution in [0.1, 0.15) is 18.4 Å². The van der Waals surface area contributed by atoms with Gasteiger partial charge in [0, 0.05) is 35.5 Å². The van der Waals surface area contributed by atoms with Crippen LogP contribution in [0.3, 0.4) is 0 Å². The summed E-state index contributed by atoms with van der Waals surface area (Å²) >= 11 is 5.91. The average Bonchev–Trinajstić information content (AvgIpc) is 3.20. The summed E-state index contributed by atoms with van der Waals surface area (Å²) in [4.78, 5) is 20.8. The van der Waals surface area contributed by atoms with Crippen LogP contribution in [0.25, 0.3) is 10.9 Å². The Labute approximate surface area is 195 Å². The zero-order chi connectivity index (χ0) is 23.6. The lowest BCUT2D eigenvalue weighted by molar-refractivity contribution is -0.937. The van der Waals surface area contributed by atoms with Crippen molar-refractivity contribution >= 4 is 39.9 Å². The minimum absolute atomic E-state index is 0.00445. The van der Waals surface area contributed by atoms with Gasteiger partial charge in [-0.2, -0.15) is 5.26 Å². The molecule has 0 saturated carbocycles. The number of quaternary nitrogens is 1. The highest BCUT2D eigenvalue weighted by Crippen LogP contribution is 2.36. The van der Waals surface area contributed by atoms with Crippen molar-refractivity contribution in [3.05, 3.63) is 53.1 Å². The molecule has 170 valence electrons. The van der Waals surface area contributed by atoms with Crippen LogP contribution < -0.4 is 15.8 Å². The number of aromatic nitrogens is 2. The number of carbonyl (C=O) groups excluding carboxylic acids is 1. The highest BCUT2D eigenvalue weighted by Gasteiger charge is 2.45. The zero-order valence-corrected chi connectivity index (χ0v) is 18.8. The number of nitriles is 1. The summed E-state index contributed by atoms with van der Waals surface area (Å²) < 4.78 is 19.4. The second kappa shape index (κ2) is 9.17. The highest BCUT2D eigenvalue weighted by molar-refractivity contribution is 6.31. The summed E-state index contributed by atoms with van der Waals surface area (Å²) in [5, 5.41) is 13.4. The molecule has 1 unspecified atom stereocenters. The van der Waals surface area contributed by atoms with Gasteiger partial charge in [0.15, 0.2) is 12.6 Å². The maximum absolute atomic E-state index is 13.6. The average molecular weight is 470 g/mol. The first kappa shape index (κ1) is 22.7. The molecule has 1 aliphatic rings. The second-order valence-electron chi connectivity index (χ2n) is 8.13. The number of hydrogen-bond donors (Lipinski definition) is 2. The van der Waals surface area contributed by atoms with Crippen molar-refractivity contribution in [3.8, 4) is 11.8 Å². The van der Waals surface area contributed by atoms with Crippen molar-refractivity contribution < 1.29 is 18.4 Å². The van der Waals surface area contributed by atoms with Gasteiger partial charge in [-0.15, -0.1) is 0 Å². The Morgan fingerprint density at radius 2 is 2.21 bits per heavy atom. The number of ether oxygens (including phenoxy) is 1. The molecule has 2 atom stereocenters. The topological polar surface area (TPSA) is 114 Å². The number of nitrogens with one attached hydrogen (secondary N) is 1. The van der Waals surface area contributed by atoms with Crippen LogP contribution in [0.5, 0.6) is 5.75 Å². The van der Waals surface area contributed by atoms with E-state index in [-0.39, 0.29) is 16.1 Å². The van der Waals surface area contributed by atoms with Crippen molar-refractivity contribution in [2.45, 2.75) is 25.4 Å². The molecule has 2 aromatic carbocycles. The number of hydrogen-bond acceptors (Lipinski definition) is 6. The SMILES string of the molecule is COc1cc2ncnc(Nc3ccc(F)c(Cl)c3)c2cc1C[N+]1(CC#N)CCC[C@@H]1C(N)=O. The Balaban J connectivity index is 1.78. The molecule has 10 heteroatoms. The number of primary amides is 1. The van der Waals surface area contributed by atoms with Crippen molar-refractivity contribution in [2.24, 2.45) is 5.73 Å². The van der Waals surface area contributed by atoms with E-state index in [0.29, 0.717) is 47.7 Å². The van der Waals surface area contributed by atoms with Gasteiger partial charge in [0.1, 0.15) is 36.3 Å². The van der Waals surface area contributed by atoms with E-state index in [1.165, 1.54) is 18.5 Å². The van der Waals surface area contributed by atoms with E-state index in [1.54, 1.807) is 19.2 Å². The molecule has 0 spiro atoms. The van der Waals surface area contributed by atoms with Gasteiger partial charge in [0.2, 0.25) is 0 Å². The van der Waals surface area contributed by atoms with Gasteiger partial charge in [0.05, 0.1) is 24.2 Å². The Bertz CT molecular complexity index is 1260. The molecule has 0 radical (unpaired) electrons. The minimum Gasteiger partial charge on any atom is -0.496 e. The van der Waals surface area contributed by atoms with Crippen LogP contribution in [-0.4, -0.2) is 46.6 Å². The van der Waals surface area contributed by atoms with E-state index in [2.05, 4.69) is 21.4 Å². The number of rotatable bonds is 7. The van der Waals surface area contributed by atoms with Crippen molar-refractivity contribution in [3.63, 3.8) is 0 Å². The van der Waals surface area contributed by atoms with Gasteiger partial charge < -0.3 is 15.8 Å². The molecular formula is C23H23ClFN6O2+. The second-order valence-corrected chi connectivity index (χ2v) is 8.54. The lowest BCUT2D eigenvalue weighted by atomic mass is 10.1. The van der Waals surface area contributed by atoms with Gasteiger partial charge in [0.25, 0.3) is 5.91 Å². The minimum atomic E-state index is -0.511. The smallest absolute Gasteiger partial charge is 0.275 e. The standard InChI is InChI=1S/C23H22ClFN6O2/c1-33-21-11-19-16(23(29-13-28-19)30-15-4-5-18(25)17(24)10-15)9-14(21)12-31(8-6-26)7-2-3-20(31)22(27)32/h4-5,9-11,13,20H,2-3,7-8,12H2,1H3,(H2-,27,28,29,30,32)/p+1/t20-,31?/m1/s1. The maximum Gasteiger partial charge on any atom is 0.275 e. The molecule has 1 amide bonds. The van der Waals surface area contributed by atoms with Crippen LogP contribution in [0.4, 0.5) is 15.9 Å². The summed E-state index contributed by atoms with van der Waals surface area (Å²) in [7, 11) is 1.57. The molecule has 33 heavy (non-hydrogen) atoms. The Morgan fingerprint density at radius 3 is 2.91 bits per heavy atom. The van der Waals surface area contributed by atoms with Crippen LogP contribution in [-0.2, 0) is 11.3 Å². The molecule has 0 bridgehead atoms. The highest BCUT2D eigenvalue weighted by atomic mass is 35.5. The summed E-state index contributed by atoms with van der Waals surface area (Å²) in [6.45, 7) is 1.24. The third kappa shape index (κ3) is 4.40. The zero-order valence-electron chi connectivity index (χ0n) is 18.0. The van der Waals surface area contributed by atoms with Crippen molar-refractivity contribution in [1.82, 2.24) is 9.97 Å². The number of carbonyl (C=O) groups is 1. The van der Waals surface area contributed by atoms with Crippen LogP contribution in [0.2, 0.25) is 5.02 Å². The largest absolute Gasteiger partial charge is 0.496 e. The fraction of sp³-hybridized carbons (Fsp3) is 0.304. The van der Waals surface area contributed by atoms with E-state index in [4.69, 9.17) is 22.1 Å². The van der Waals surface area contributed by atoms with Gasteiger partial charge in [-0.1, -0.05) is 11.6 Å². The fourth-order valence-electron chi connectivity index (χ4n) is 4.61. The van der Waals surface area contributed by atoms with Gasteiger partial charge >= 0.3 is 0 Å². The molecule has 2 heterocycles. The monoisotopic (exact) mass is 469 g/mol. The molecule has 1 saturated heterocycles. The number of methoxy groups -OCH3 is 1. The molecule has 1 fully saturated rings. The first-order valence-electron chi connectivity index (χ1n) is 10.4. The summed E-state index contributed by atoms with van der Waals surface area (Å²) in [5.74, 6) is 0.193. The number of likely N-dealkylation sites (tertiary alicyclic amines) is 1. The summed E-state index contributed by atoms with van der Waals surface area (Å²) in [6.07, 6.45) is 2.88. The van der Waals surface area contributed by atoms with Crippen molar-refractivity contribution in [1.29, 1.82) is 5.26 Å². The number of fused-ring (bicyclic) bond motifs is 1. The molecule has 1 aromatic heterocycles.